The van der Waals surface area contributed by atoms with Crippen molar-refractivity contribution in [2.75, 3.05) is 7.11 Å². The molecule has 1 aliphatic rings. The number of nitrogens with zero attached hydrogens (tertiary/aromatic N) is 3. The van der Waals surface area contributed by atoms with Gasteiger partial charge < -0.3 is 4.74 Å². The highest BCUT2D eigenvalue weighted by Gasteiger charge is 2.20. The molecule has 20 heavy (non-hydrogen) atoms. The Balaban J connectivity index is 1.99. The first kappa shape index (κ1) is 13.3. The van der Waals surface area contributed by atoms with E-state index in [0.29, 0.717) is 28.5 Å². The van der Waals surface area contributed by atoms with Crippen LogP contribution in [0.3, 0.4) is 0 Å². The van der Waals surface area contributed by atoms with E-state index < -0.39 is 0 Å². The molecule has 2 aromatic rings. The molecule has 2 aromatic heterocycles. The zero-order valence-electron chi connectivity index (χ0n) is 11.3. The van der Waals surface area contributed by atoms with Crippen molar-refractivity contribution in [2.45, 2.75) is 31.6 Å². The van der Waals surface area contributed by atoms with Gasteiger partial charge in [0.25, 0.3) is 0 Å². The largest absolute Gasteiger partial charge is 0.481 e. The molecule has 0 spiro atoms. The van der Waals surface area contributed by atoms with Crippen LogP contribution in [0.15, 0.2) is 24.3 Å². The van der Waals surface area contributed by atoms with Crippen LogP contribution in [0.1, 0.15) is 37.3 Å². The summed E-state index contributed by atoms with van der Waals surface area (Å²) >= 11 is 6.14. The highest BCUT2D eigenvalue weighted by atomic mass is 35.5. The Morgan fingerprint density at radius 1 is 1.15 bits per heavy atom. The zero-order chi connectivity index (χ0) is 13.9. The number of ether oxygens (including phenoxy) is 1. The number of pyridine rings is 1. The van der Waals surface area contributed by atoms with Crippen molar-refractivity contribution in [3.8, 4) is 17.4 Å². The number of rotatable bonds is 3. The molecule has 0 bridgehead atoms. The molecule has 1 saturated carbocycles. The molecule has 0 aromatic carbocycles. The molecule has 1 fully saturated rings. The molecule has 2 heterocycles. The van der Waals surface area contributed by atoms with Crippen molar-refractivity contribution in [3.05, 3.63) is 35.1 Å². The first-order valence-corrected chi connectivity index (χ1v) is 7.20. The predicted octanol–water partition coefficient (Wildman–Crippen LogP) is 3.86. The topological polar surface area (TPSA) is 47.9 Å². The van der Waals surface area contributed by atoms with E-state index in [1.54, 1.807) is 13.2 Å². The summed E-state index contributed by atoms with van der Waals surface area (Å²) in [5.41, 5.74) is 1.72. The van der Waals surface area contributed by atoms with Crippen LogP contribution >= 0.6 is 11.6 Å². The monoisotopic (exact) mass is 289 g/mol. The molecular weight excluding hydrogens is 274 g/mol. The number of hydrogen-bond acceptors (Lipinski definition) is 4. The Morgan fingerprint density at radius 3 is 2.70 bits per heavy atom. The third-order valence-electron chi connectivity index (χ3n) is 3.65. The highest BCUT2D eigenvalue weighted by molar-refractivity contribution is 6.29. The van der Waals surface area contributed by atoms with Gasteiger partial charge in [0.15, 0.2) is 5.82 Å². The molecule has 0 radical (unpaired) electrons. The summed E-state index contributed by atoms with van der Waals surface area (Å²) in [6.07, 6.45) is 4.88. The molecule has 0 N–H and O–H groups in total. The molecule has 0 saturated heterocycles. The van der Waals surface area contributed by atoms with E-state index in [4.69, 9.17) is 16.3 Å². The first-order chi connectivity index (χ1) is 9.76. The second kappa shape index (κ2) is 5.75. The average molecular weight is 290 g/mol. The van der Waals surface area contributed by atoms with Gasteiger partial charge in [0, 0.05) is 17.7 Å². The lowest BCUT2D eigenvalue weighted by molar-refractivity contribution is 0.398. The molecule has 1 aliphatic carbocycles. The number of aromatic nitrogens is 3. The summed E-state index contributed by atoms with van der Waals surface area (Å²) < 4.78 is 5.14. The van der Waals surface area contributed by atoms with Crippen LogP contribution in [0.25, 0.3) is 11.5 Å². The van der Waals surface area contributed by atoms with Crippen LogP contribution in [-0.2, 0) is 0 Å². The van der Waals surface area contributed by atoms with Crippen LogP contribution in [0.4, 0.5) is 0 Å². The average Bonchev–Trinajstić information content (AvgIpc) is 3.01. The minimum atomic E-state index is 0.474. The highest BCUT2D eigenvalue weighted by Crippen LogP contribution is 2.34. The van der Waals surface area contributed by atoms with Crippen LogP contribution in [0.5, 0.6) is 5.88 Å². The minimum Gasteiger partial charge on any atom is -0.481 e. The quantitative estimate of drug-likeness (QED) is 0.805. The van der Waals surface area contributed by atoms with Crippen molar-refractivity contribution in [1.82, 2.24) is 15.0 Å². The van der Waals surface area contributed by atoms with Gasteiger partial charge in [-0.1, -0.05) is 30.5 Å². The van der Waals surface area contributed by atoms with Gasteiger partial charge in [-0.15, -0.1) is 0 Å². The molecule has 4 nitrogen and oxygen atoms in total. The normalized spacial score (nSPS) is 15.5. The summed E-state index contributed by atoms with van der Waals surface area (Å²) in [6, 6.07) is 7.42. The number of hydrogen-bond donors (Lipinski definition) is 0. The van der Waals surface area contributed by atoms with Gasteiger partial charge >= 0.3 is 0 Å². The van der Waals surface area contributed by atoms with E-state index in [2.05, 4.69) is 15.0 Å². The van der Waals surface area contributed by atoms with E-state index in [-0.39, 0.29) is 0 Å². The van der Waals surface area contributed by atoms with Gasteiger partial charge in [-0.05, 0) is 25.0 Å². The molecule has 104 valence electrons. The summed E-state index contributed by atoms with van der Waals surface area (Å²) in [7, 11) is 1.59. The third-order valence-corrected chi connectivity index (χ3v) is 3.84. The van der Waals surface area contributed by atoms with Crippen molar-refractivity contribution < 1.29 is 4.74 Å². The molecular formula is C15H16ClN3O. The van der Waals surface area contributed by atoms with Gasteiger partial charge in [-0.25, -0.2) is 15.0 Å². The maximum atomic E-state index is 6.14. The second-order valence-electron chi connectivity index (χ2n) is 4.99. The summed E-state index contributed by atoms with van der Waals surface area (Å²) in [4.78, 5) is 13.3. The smallest absolute Gasteiger partial charge is 0.213 e. The Kier molecular flexibility index (Phi) is 3.83. The molecule has 0 aliphatic heterocycles. The van der Waals surface area contributed by atoms with Crippen molar-refractivity contribution in [2.24, 2.45) is 0 Å². The van der Waals surface area contributed by atoms with Crippen LogP contribution in [-0.4, -0.2) is 22.1 Å². The second-order valence-corrected chi connectivity index (χ2v) is 5.37. The number of methoxy groups -OCH3 is 1. The Labute approximate surface area is 123 Å². The Morgan fingerprint density at radius 2 is 1.95 bits per heavy atom. The van der Waals surface area contributed by atoms with E-state index in [1.165, 1.54) is 25.7 Å². The molecule has 0 atom stereocenters. The molecule has 3 rings (SSSR count). The fourth-order valence-corrected chi connectivity index (χ4v) is 2.83. The summed E-state index contributed by atoms with van der Waals surface area (Å²) in [5, 5.41) is 0.474. The standard InChI is InChI=1S/C15H16ClN3O/c1-20-14-8-4-7-11(17-14)15-18-12(9-13(16)19-15)10-5-2-3-6-10/h4,7-10H,2-3,5-6H2,1H3. The van der Waals surface area contributed by atoms with E-state index in [1.807, 2.05) is 18.2 Å². The Bertz CT molecular complexity index is 612. The summed E-state index contributed by atoms with van der Waals surface area (Å²) in [5.74, 6) is 1.62. The summed E-state index contributed by atoms with van der Waals surface area (Å²) in [6.45, 7) is 0. The molecule has 0 unspecified atom stereocenters. The van der Waals surface area contributed by atoms with Crippen molar-refractivity contribution in [1.29, 1.82) is 0 Å². The Hall–Kier alpha value is -1.68. The molecule has 0 amide bonds. The fourth-order valence-electron chi connectivity index (χ4n) is 2.63. The van der Waals surface area contributed by atoms with Gasteiger partial charge in [-0.3, -0.25) is 0 Å². The van der Waals surface area contributed by atoms with Gasteiger partial charge in [0.2, 0.25) is 5.88 Å². The maximum absolute atomic E-state index is 6.14. The van der Waals surface area contributed by atoms with Gasteiger partial charge in [0.1, 0.15) is 10.8 Å². The van der Waals surface area contributed by atoms with Gasteiger partial charge in [-0.2, -0.15) is 0 Å². The van der Waals surface area contributed by atoms with Crippen LogP contribution in [0, 0.1) is 0 Å². The zero-order valence-corrected chi connectivity index (χ0v) is 12.1. The lowest BCUT2D eigenvalue weighted by Gasteiger charge is -2.10. The third kappa shape index (κ3) is 2.75. The SMILES string of the molecule is COc1cccc(-c2nc(Cl)cc(C3CCCC3)n2)n1. The van der Waals surface area contributed by atoms with Crippen molar-refractivity contribution >= 4 is 11.6 Å². The number of halogens is 1. The fraction of sp³-hybridized carbons (Fsp3) is 0.400. The maximum Gasteiger partial charge on any atom is 0.213 e. The first-order valence-electron chi connectivity index (χ1n) is 6.82. The van der Waals surface area contributed by atoms with E-state index in [0.717, 1.165) is 5.69 Å². The lowest BCUT2D eigenvalue weighted by atomic mass is 10.0. The predicted molar refractivity (Wildman–Crippen MR) is 78.0 cm³/mol. The van der Waals surface area contributed by atoms with Crippen LogP contribution in [0.2, 0.25) is 5.15 Å². The lowest BCUT2D eigenvalue weighted by Crippen LogP contribution is -2.01. The van der Waals surface area contributed by atoms with E-state index in [9.17, 15) is 0 Å². The van der Waals surface area contributed by atoms with Crippen molar-refractivity contribution in [3.63, 3.8) is 0 Å². The van der Waals surface area contributed by atoms with Gasteiger partial charge in [0.05, 0.1) is 7.11 Å². The van der Waals surface area contributed by atoms with E-state index >= 15 is 0 Å². The minimum absolute atomic E-state index is 0.474. The van der Waals surface area contributed by atoms with Crippen LogP contribution < -0.4 is 4.74 Å². The molecule has 5 heteroatoms.